The second kappa shape index (κ2) is 12.9. The molecule has 0 radical (unpaired) electrons. The molecule has 0 amide bonds. The van der Waals surface area contributed by atoms with Gasteiger partial charge in [-0.05, 0) is 101 Å². The lowest BCUT2D eigenvalue weighted by Gasteiger charge is -2.17. The van der Waals surface area contributed by atoms with E-state index in [9.17, 15) is 0 Å². The third kappa shape index (κ3) is 5.35. The predicted octanol–water partition coefficient (Wildman–Crippen LogP) is 14.0. The fraction of sp³-hybridized carbons (Fsp3) is 0.0385. The van der Waals surface area contributed by atoms with E-state index in [0.717, 1.165) is 0 Å². The molecule has 0 spiro atoms. The SMILES string of the molecule is Cc1cc(-c2ccc(C=Cc3ccc(-c4ccc(-n5c6ccccc6c6ccccc65)cc4)cc3)cc2)c(-n2c3ccccc3c3ccccc32)cc1C. The van der Waals surface area contributed by atoms with E-state index >= 15 is 0 Å². The van der Waals surface area contributed by atoms with Crippen molar-refractivity contribution in [3.63, 3.8) is 0 Å². The van der Waals surface area contributed by atoms with Crippen LogP contribution < -0.4 is 0 Å². The first-order valence-electron chi connectivity index (χ1n) is 18.7. The zero-order valence-electron chi connectivity index (χ0n) is 30.4. The summed E-state index contributed by atoms with van der Waals surface area (Å²) in [6, 6.07) is 66.2. The molecule has 10 aromatic rings. The molecule has 54 heavy (non-hydrogen) atoms. The minimum absolute atomic E-state index is 1.17. The van der Waals surface area contributed by atoms with E-state index in [2.05, 4.69) is 217 Å². The Morgan fingerprint density at radius 1 is 0.352 bits per heavy atom. The minimum atomic E-state index is 1.17. The molecule has 256 valence electrons. The van der Waals surface area contributed by atoms with Crippen LogP contribution in [0, 0.1) is 13.8 Å². The molecular weight excluding hydrogens is 653 g/mol. The van der Waals surface area contributed by atoms with Gasteiger partial charge in [0.1, 0.15) is 0 Å². The van der Waals surface area contributed by atoms with E-state index < -0.39 is 0 Å². The van der Waals surface area contributed by atoms with Gasteiger partial charge in [-0.3, -0.25) is 0 Å². The van der Waals surface area contributed by atoms with Gasteiger partial charge in [0, 0.05) is 32.8 Å². The van der Waals surface area contributed by atoms with Crippen molar-refractivity contribution >= 4 is 55.8 Å². The first kappa shape index (κ1) is 31.8. The van der Waals surface area contributed by atoms with E-state index in [1.807, 2.05) is 0 Å². The molecule has 2 heterocycles. The van der Waals surface area contributed by atoms with Gasteiger partial charge in [-0.1, -0.05) is 146 Å². The Hall–Kier alpha value is -6.90. The Morgan fingerprint density at radius 2 is 0.722 bits per heavy atom. The Bertz CT molecular complexity index is 2920. The summed E-state index contributed by atoms with van der Waals surface area (Å²) in [6.45, 7) is 4.42. The fourth-order valence-electron chi connectivity index (χ4n) is 8.16. The molecule has 2 heteroatoms. The second-order valence-electron chi connectivity index (χ2n) is 14.3. The number of nitrogens with zero attached hydrogens (tertiary/aromatic N) is 2. The predicted molar refractivity (Wildman–Crippen MR) is 231 cm³/mol. The summed E-state index contributed by atoms with van der Waals surface area (Å²) in [6.07, 6.45) is 4.40. The molecule has 10 rings (SSSR count). The summed E-state index contributed by atoms with van der Waals surface area (Å²) < 4.78 is 4.80. The normalized spacial score (nSPS) is 11.8. The van der Waals surface area contributed by atoms with Crippen molar-refractivity contribution in [3.8, 4) is 33.6 Å². The Balaban J connectivity index is 0.910. The molecule has 0 aliphatic rings. The Labute approximate surface area is 315 Å². The van der Waals surface area contributed by atoms with Gasteiger partial charge >= 0.3 is 0 Å². The maximum absolute atomic E-state index is 2.43. The van der Waals surface area contributed by atoms with Crippen LogP contribution >= 0.6 is 0 Å². The van der Waals surface area contributed by atoms with Crippen LogP contribution in [0.3, 0.4) is 0 Å². The van der Waals surface area contributed by atoms with Gasteiger partial charge in [0.05, 0.1) is 27.8 Å². The number of hydrogen-bond donors (Lipinski definition) is 0. The molecule has 2 aromatic heterocycles. The highest BCUT2D eigenvalue weighted by molar-refractivity contribution is 6.10. The van der Waals surface area contributed by atoms with Gasteiger partial charge in [0.25, 0.3) is 0 Å². The number of rotatable bonds is 6. The van der Waals surface area contributed by atoms with Gasteiger partial charge in [-0.2, -0.15) is 0 Å². The second-order valence-corrected chi connectivity index (χ2v) is 14.3. The number of fused-ring (bicyclic) bond motifs is 6. The molecule has 0 bridgehead atoms. The number of hydrogen-bond acceptors (Lipinski definition) is 0. The van der Waals surface area contributed by atoms with E-state index in [1.54, 1.807) is 0 Å². The van der Waals surface area contributed by atoms with Crippen LogP contribution in [0.15, 0.2) is 182 Å². The van der Waals surface area contributed by atoms with Gasteiger partial charge < -0.3 is 9.13 Å². The first-order chi connectivity index (χ1) is 26.6. The molecule has 0 saturated carbocycles. The largest absolute Gasteiger partial charge is 0.309 e. The van der Waals surface area contributed by atoms with Crippen LogP contribution in [0.1, 0.15) is 22.3 Å². The lowest BCUT2D eigenvalue weighted by molar-refractivity contribution is 1.16. The third-order valence-corrected chi connectivity index (χ3v) is 11.1. The molecule has 0 aliphatic heterocycles. The zero-order valence-corrected chi connectivity index (χ0v) is 30.4. The quantitative estimate of drug-likeness (QED) is 0.154. The summed E-state index contributed by atoms with van der Waals surface area (Å²) in [5, 5.41) is 5.11. The molecule has 0 saturated heterocycles. The average Bonchev–Trinajstić information content (AvgIpc) is 3.75. The summed E-state index contributed by atoms with van der Waals surface area (Å²) in [5.41, 5.74) is 17.1. The van der Waals surface area contributed by atoms with E-state index in [4.69, 9.17) is 0 Å². The van der Waals surface area contributed by atoms with E-state index in [1.165, 1.54) is 99.5 Å². The number of aryl methyl sites for hydroxylation is 2. The fourth-order valence-corrected chi connectivity index (χ4v) is 8.16. The van der Waals surface area contributed by atoms with Crippen molar-refractivity contribution in [2.75, 3.05) is 0 Å². The van der Waals surface area contributed by atoms with Crippen molar-refractivity contribution in [3.05, 3.63) is 204 Å². The van der Waals surface area contributed by atoms with Crippen molar-refractivity contribution in [1.29, 1.82) is 0 Å². The Morgan fingerprint density at radius 3 is 1.19 bits per heavy atom. The standard InChI is InChI=1S/C52H38N2/c1-35-33-47(52(34-36(35)2)54-50-17-9-5-13-45(50)46-14-6-10-18-51(46)54)41-27-23-38(24-28-41)20-19-37-21-25-39(26-22-37)40-29-31-42(32-30-40)53-48-15-7-3-11-43(48)44-12-4-8-16-49(44)53/h3-34H,1-2H3. The van der Waals surface area contributed by atoms with E-state index in [-0.39, 0.29) is 0 Å². The van der Waals surface area contributed by atoms with Crippen LogP contribution in [0.4, 0.5) is 0 Å². The first-order valence-corrected chi connectivity index (χ1v) is 18.7. The van der Waals surface area contributed by atoms with Crippen LogP contribution in [0.2, 0.25) is 0 Å². The molecule has 0 aliphatic carbocycles. The third-order valence-electron chi connectivity index (χ3n) is 11.1. The average molecular weight is 691 g/mol. The highest BCUT2D eigenvalue weighted by Gasteiger charge is 2.17. The number of benzene rings is 8. The Kier molecular flexibility index (Phi) is 7.63. The smallest absolute Gasteiger partial charge is 0.0543 e. The lowest BCUT2D eigenvalue weighted by atomic mass is 9.97. The van der Waals surface area contributed by atoms with Gasteiger partial charge in [0.2, 0.25) is 0 Å². The van der Waals surface area contributed by atoms with Crippen LogP contribution in [-0.4, -0.2) is 9.13 Å². The highest BCUT2D eigenvalue weighted by Crippen LogP contribution is 2.38. The molecule has 0 N–H and O–H groups in total. The summed E-state index contributed by atoms with van der Waals surface area (Å²) in [7, 11) is 0. The molecule has 8 aromatic carbocycles. The summed E-state index contributed by atoms with van der Waals surface area (Å²) >= 11 is 0. The molecule has 0 unspecified atom stereocenters. The minimum Gasteiger partial charge on any atom is -0.309 e. The van der Waals surface area contributed by atoms with Crippen LogP contribution in [0.25, 0.3) is 89.4 Å². The van der Waals surface area contributed by atoms with Crippen LogP contribution in [-0.2, 0) is 0 Å². The summed E-state index contributed by atoms with van der Waals surface area (Å²) in [4.78, 5) is 0. The van der Waals surface area contributed by atoms with Crippen molar-refractivity contribution in [2.45, 2.75) is 13.8 Å². The topological polar surface area (TPSA) is 9.86 Å². The van der Waals surface area contributed by atoms with Gasteiger partial charge in [-0.25, -0.2) is 0 Å². The molecular formula is C52H38N2. The molecule has 2 nitrogen and oxygen atoms in total. The molecule has 0 atom stereocenters. The van der Waals surface area contributed by atoms with E-state index in [0.29, 0.717) is 0 Å². The van der Waals surface area contributed by atoms with Crippen molar-refractivity contribution in [1.82, 2.24) is 9.13 Å². The maximum Gasteiger partial charge on any atom is 0.0543 e. The number of aromatic nitrogens is 2. The van der Waals surface area contributed by atoms with Crippen molar-refractivity contribution < 1.29 is 0 Å². The van der Waals surface area contributed by atoms with Crippen molar-refractivity contribution in [2.24, 2.45) is 0 Å². The monoisotopic (exact) mass is 690 g/mol. The lowest BCUT2D eigenvalue weighted by Crippen LogP contribution is -1.99. The zero-order chi connectivity index (χ0) is 36.2. The summed E-state index contributed by atoms with van der Waals surface area (Å²) in [5.74, 6) is 0. The van der Waals surface area contributed by atoms with Crippen LogP contribution in [0.5, 0.6) is 0 Å². The number of para-hydroxylation sites is 4. The molecule has 0 fully saturated rings. The maximum atomic E-state index is 2.43. The highest BCUT2D eigenvalue weighted by atomic mass is 15.0. The van der Waals surface area contributed by atoms with Gasteiger partial charge in [0.15, 0.2) is 0 Å². The van der Waals surface area contributed by atoms with Gasteiger partial charge in [-0.15, -0.1) is 0 Å².